The van der Waals surface area contributed by atoms with Crippen molar-refractivity contribution in [3.05, 3.63) is 120 Å². The third-order valence-corrected chi connectivity index (χ3v) is 6.60. The SMILES string of the molecule is CCOc1cc(/C=N\Nc2nc(-c3ccccc3)c(-c3ccccc3)s2)ccc1OCc1ccccc1. The summed E-state index contributed by atoms with van der Waals surface area (Å²) in [6.45, 7) is 2.98. The van der Waals surface area contributed by atoms with Crippen molar-refractivity contribution in [2.24, 2.45) is 5.10 Å². The molecule has 0 saturated heterocycles. The zero-order valence-corrected chi connectivity index (χ0v) is 21.3. The van der Waals surface area contributed by atoms with Crippen LogP contribution in [0.2, 0.25) is 0 Å². The van der Waals surface area contributed by atoms with Gasteiger partial charge in [-0.1, -0.05) is 102 Å². The summed E-state index contributed by atoms with van der Waals surface area (Å²) in [6, 6.07) is 36.4. The molecule has 0 fully saturated rings. The largest absolute Gasteiger partial charge is 0.490 e. The Labute approximate surface area is 221 Å². The molecule has 0 bridgehead atoms. The first kappa shape index (κ1) is 24.3. The fourth-order valence-electron chi connectivity index (χ4n) is 3.83. The predicted octanol–water partition coefficient (Wildman–Crippen LogP) is 7.90. The Hall–Kier alpha value is -4.42. The number of benzene rings is 4. The number of thiazole rings is 1. The van der Waals surface area contributed by atoms with Crippen molar-refractivity contribution < 1.29 is 9.47 Å². The highest BCUT2D eigenvalue weighted by Crippen LogP contribution is 2.39. The van der Waals surface area contributed by atoms with E-state index in [1.807, 2.05) is 91.9 Å². The molecular weight excluding hydrogens is 478 g/mol. The van der Waals surface area contributed by atoms with Crippen molar-refractivity contribution in [3.8, 4) is 33.2 Å². The number of nitrogens with one attached hydrogen (secondary N) is 1. The van der Waals surface area contributed by atoms with Gasteiger partial charge in [0.25, 0.3) is 0 Å². The standard InChI is InChI=1S/C31H27N3O2S/c1-2-35-28-20-24(18-19-27(28)36-22-23-12-6-3-7-13-23)21-32-34-31-33-29(25-14-8-4-9-15-25)30(37-31)26-16-10-5-11-17-26/h3-21H,2,22H2,1H3,(H,33,34)/b32-21-. The van der Waals surface area contributed by atoms with Crippen LogP contribution in [0.1, 0.15) is 18.1 Å². The molecule has 4 aromatic carbocycles. The van der Waals surface area contributed by atoms with E-state index >= 15 is 0 Å². The zero-order valence-electron chi connectivity index (χ0n) is 20.5. The molecule has 0 spiro atoms. The lowest BCUT2D eigenvalue weighted by atomic mass is 10.1. The van der Waals surface area contributed by atoms with E-state index in [1.54, 1.807) is 17.6 Å². The molecular formula is C31H27N3O2S. The smallest absolute Gasteiger partial charge is 0.204 e. The van der Waals surface area contributed by atoms with Crippen LogP contribution in [0, 0.1) is 0 Å². The van der Waals surface area contributed by atoms with E-state index in [4.69, 9.17) is 14.5 Å². The van der Waals surface area contributed by atoms with E-state index in [1.165, 1.54) is 0 Å². The van der Waals surface area contributed by atoms with Crippen molar-refractivity contribution in [1.82, 2.24) is 4.98 Å². The second-order valence-corrected chi connectivity index (χ2v) is 9.21. The highest BCUT2D eigenvalue weighted by molar-refractivity contribution is 7.19. The summed E-state index contributed by atoms with van der Waals surface area (Å²) in [4.78, 5) is 5.95. The quantitative estimate of drug-likeness (QED) is 0.155. The van der Waals surface area contributed by atoms with E-state index < -0.39 is 0 Å². The predicted molar refractivity (Wildman–Crippen MR) is 153 cm³/mol. The third kappa shape index (κ3) is 6.23. The van der Waals surface area contributed by atoms with Crippen LogP contribution in [0.5, 0.6) is 11.5 Å². The van der Waals surface area contributed by atoms with Gasteiger partial charge >= 0.3 is 0 Å². The highest BCUT2D eigenvalue weighted by Gasteiger charge is 2.14. The van der Waals surface area contributed by atoms with Crippen LogP contribution in [0.25, 0.3) is 21.7 Å². The second kappa shape index (κ2) is 12.0. The minimum absolute atomic E-state index is 0.480. The second-order valence-electron chi connectivity index (χ2n) is 8.21. The third-order valence-electron chi connectivity index (χ3n) is 5.59. The van der Waals surface area contributed by atoms with Gasteiger partial charge < -0.3 is 9.47 Å². The summed E-state index contributed by atoms with van der Waals surface area (Å²) in [5.41, 5.74) is 8.25. The van der Waals surface area contributed by atoms with Crippen LogP contribution in [-0.4, -0.2) is 17.8 Å². The Morgan fingerprint density at radius 1 is 0.784 bits per heavy atom. The minimum Gasteiger partial charge on any atom is -0.490 e. The van der Waals surface area contributed by atoms with Crippen molar-refractivity contribution in [2.75, 3.05) is 12.0 Å². The van der Waals surface area contributed by atoms with Gasteiger partial charge in [-0.3, -0.25) is 5.43 Å². The molecule has 184 valence electrons. The number of hydrazone groups is 1. The molecule has 5 rings (SSSR count). The normalized spacial score (nSPS) is 10.9. The molecule has 0 aliphatic heterocycles. The molecule has 1 aromatic heterocycles. The van der Waals surface area contributed by atoms with E-state index in [-0.39, 0.29) is 0 Å². The van der Waals surface area contributed by atoms with Gasteiger partial charge in [-0.2, -0.15) is 5.10 Å². The van der Waals surface area contributed by atoms with Crippen molar-refractivity contribution in [3.63, 3.8) is 0 Å². The molecule has 5 nitrogen and oxygen atoms in total. The van der Waals surface area contributed by atoms with Gasteiger partial charge in [-0.05, 0) is 41.8 Å². The molecule has 0 unspecified atom stereocenters. The number of nitrogens with zero attached hydrogens (tertiary/aromatic N) is 2. The summed E-state index contributed by atoms with van der Waals surface area (Å²) < 4.78 is 11.8. The zero-order chi connectivity index (χ0) is 25.3. The van der Waals surface area contributed by atoms with Gasteiger partial charge in [-0.15, -0.1) is 0 Å². The fraction of sp³-hybridized carbons (Fsp3) is 0.0968. The van der Waals surface area contributed by atoms with E-state index in [0.717, 1.165) is 38.0 Å². The first-order chi connectivity index (χ1) is 18.3. The maximum Gasteiger partial charge on any atom is 0.204 e. The Morgan fingerprint density at radius 3 is 2.16 bits per heavy atom. The Balaban J connectivity index is 1.33. The van der Waals surface area contributed by atoms with Gasteiger partial charge in [-0.25, -0.2) is 4.98 Å². The molecule has 0 aliphatic carbocycles. The minimum atomic E-state index is 0.480. The monoisotopic (exact) mass is 505 g/mol. The van der Waals surface area contributed by atoms with Crippen molar-refractivity contribution in [1.29, 1.82) is 0 Å². The molecule has 1 heterocycles. The van der Waals surface area contributed by atoms with Crippen molar-refractivity contribution >= 4 is 22.7 Å². The van der Waals surface area contributed by atoms with E-state index in [9.17, 15) is 0 Å². The number of hydrogen-bond donors (Lipinski definition) is 1. The topological polar surface area (TPSA) is 55.7 Å². The number of ether oxygens (including phenoxy) is 2. The first-order valence-electron chi connectivity index (χ1n) is 12.1. The number of rotatable bonds is 10. The highest BCUT2D eigenvalue weighted by atomic mass is 32.1. The average molecular weight is 506 g/mol. The Bertz CT molecular complexity index is 1400. The Morgan fingerprint density at radius 2 is 1.46 bits per heavy atom. The molecule has 5 aromatic rings. The molecule has 0 aliphatic rings. The molecule has 0 amide bonds. The molecule has 0 atom stereocenters. The maximum atomic E-state index is 6.01. The maximum absolute atomic E-state index is 6.01. The molecule has 0 saturated carbocycles. The van der Waals surface area contributed by atoms with Gasteiger partial charge in [0.1, 0.15) is 6.61 Å². The first-order valence-corrected chi connectivity index (χ1v) is 13.0. The van der Waals surface area contributed by atoms with Crippen LogP contribution < -0.4 is 14.9 Å². The van der Waals surface area contributed by atoms with E-state index in [0.29, 0.717) is 24.7 Å². The molecule has 0 radical (unpaired) electrons. The fourth-order valence-corrected chi connectivity index (χ4v) is 4.78. The van der Waals surface area contributed by atoms with Gasteiger partial charge in [0.05, 0.1) is 23.4 Å². The lowest BCUT2D eigenvalue weighted by Gasteiger charge is -2.12. The average Bonchev–Trinajstić information content (AvgIpc) is 3.39. The van der Waals surface area contributed by atoms with Crippen molar-refractivity contribution in [2.45, 2.75) is 13.5 Å². The molecule has 37 heavy (non-hydrogen) atoms. The lowest BCUT2D eigenvalue weighted by molar-refractivity contribution is 0.269. The molecule has 6 heteroatoms. The van der Waals surface area contributed by atoms with Gasteiger partial charge in [0.15, 0.2) is 11.5 Å². The number of hydrogen-bond acceptors (Lipinski definition) is 6. The van der Waals surface area contributed by atoms with Gasteiger partial charge in [0.2, 0.25) is 5.13 Å². The summed E-state index contributed by atoms with van der Waals surface area (Å²) in [5, 5.41) is 5.18. The molecule has 1 N–H and O–H groups in total. The van der Waals surface area contributed by atoms with Crippen LogP contribution in [-0.2, 0) is 6.61 Å². The number of aromatic nitrogens is 1. The summed E-state index contributed by atoms with van der Waals surface area (Å²) in [7, 11) is 0. The lowest BCUT2D eigenvalue weighted by Crippen LogP contribution is -2.00. The summed E-state index contributed by atoms with van der Waals surface area (Å²) in [6.07, 6.45) is 1.76. The van der Waals surface area contributed by atoms with Gasteiger partial charge in [0, 0.05) is 5.56 Å². The van der Waals surface area contributed by atoms with Crippen LogP contribution in [0.3, 0.4) is 0 Å². The number of anilines is 1. The summed E-state index contributed by atoms with van der Waals surface area (Å²) >= 11 is 1.58. The van der Waals surface area contributed by atoms with Crippen LogP contribution in [0.15, 0.2) is 114 Å². The Kier molecular flexibility index (Phi) is 7.88. The van der Waals surface area contributed by atoms with Crippen LogP contribution >= 0.6 is 11.3 Å². The summed E-state index contributed by atoms with van der Waals surface area (Å²) in [5.74, 6) is 1.39. The van der Waals surface area contributed by atoms with E-state index in [2.05, 4.69) is 34.8 Å². The van der Waals surface area contributed by atoms with Crippen LogP contribution in [0.4, 0.5) is 5.13 Å².